The summed E-state index contributed by atoms with van der Waals surface area (Å²) in [5.41, 5.74) is -2.09. The maximum Gasteiger partial charge on any atom is 0.339 e. The van der Waals surface area contributed by atoms with E-state index < -0.39 is 34.0 Å². The lowest BCUT2D eigenvalue weighted by Gasteiger charge is -2.25. The largest absolute Gasteiger partial charge is 0.467 e. The maximum absolute atomic E-state index is 12.2. The van der Waals surface area contributed by atoms with E-state index in [9.17, 15) is 23.1 Å². The topological polar surface area (TPSA) is 101 Å². The number of carbonyl (C=O) groups is 2. The molecule has 1 aromatic rings. The summed E-state index contributed by atoms with van der Waals surface area (Å²) in [5.74, 6) is -1.79. The Morgan fingerprint density at radius 2 is 2.00 bits per heavy atom. The first kappa shape index (κ1) is 14.5. The van der Waals surface area contributed by atoms with Gasteiger partial charge in [-0.3, -0.25) is 4.79 Å². The van der Waals surface area contributed by atoms with Crippen LogP contribution in [-0.2, 0) is 19.6 Å². The van der Waals surface area contributed by atoms with Gasteiger partial charge in [0.1, 0.15) is 4.90 Å². The highest BCUT2D eigenvalue weighted by Crippen LogP contribution is 2.31. The Labute approximate surface area is 115 Å². The average Bonchev–Trinajstić information content (AvgIpc) is 2.59. The Morgan fingerprint density at radius 1 is 1.40 bits per heavy atom. The van der Waals surface area contributed by atoms with Crippen LogP contribution in [0.3, 0.4) is 0 Å². The zero-order valence-corrected chi connectivity index (χ0v) is 11.7. The predicted octanol–water partition coefficient (Wildman–Crippen LogP) is -0.245. The highest BCUT2D eigenvalue weighted by atomic mass is 32.2. The standard InChI is InChI=1S/C12H13NO6S/c1-12(16,11(15)19-2)7-13-10(14)8-5-3-4-6-9(8)20(13,17)18/h3-6,16H,7H2,1-2H3. The number of benzene rings is 1. The van der Waals surface area contributed by atoms with Crippen molar-refractivity contribution in [3.05, 3.63) is 29.8 Å². The molecule has 0 fully saturated rings. The fraction of sp³-hybridized carbons (Fsp3) is 0.333. The molecule has 0 saturated carbocycles. The molecule has 1 amide bonds. The van der Waals surface area contributed by atoms with Crippen molar-refractivity contribution >= 4 is 21.9 Å². The number of hydrogen-bond acceptors (Lipinski definition) is 6. The van der Waals surface area contributed by atoms with E-state index in [0.29, 0.717) is 4.31 Å². The molecular weight excluding hydrogens is 286 g/mol. The number of methoxy groups -OCH3 is 1. The smallest absolute Gasteiger partial charge is 0.339 e. The third-order valence-electron chi connectivity index (χ3n) is 2.99. The van der Waals surface area contributed by atoms with Crippen LogP contribution >= 0.6 is 0 Å². The zero-order chi connectivity index (χ0) is 15.1. The first-order valence-corrected chi connectivity index (χ1v) is 7.13. The molecule has 0 aliphatic carbocycles. The average molecular weight is 299 g/mol. The lowest BCUT2D eigenvalue weighted by molar-refractivity contribution is -0.160. The monoisotopic (exact) mass is 299 g/mol. The van der Waals surface area contributed by atoms with Gasteiger partial charge in [-0.25, -0.2) is 17.5 Å². The molecule has 2 rings (SSSR count). The fourth-order valence-corrected chi connectivity index (χ4v) is 3.61. The number of rotatable bonds is 3. The molecule has 8 heteroatoms. The van der Waals surface area contributed by atoms with Crippen molar-refractivity contribution in [2.24, 2.45) is 0 Å². The van der Waals surface area contributed by atoms with Gasteiger partial charge in [-0.15, -0.1) is 0 Å². The van der Waals surface area contributed by atoms with Gasteiger partial charge < -0.3 is 9.84 Å². The quantitative estimate of drug-likeness (QED) is 0.773. The van der Waals surface area contributed by atoms with Crippen molar-refractivity contribution in [2.45, 2.75) is 17.4 Å². The van der Waals surface area contributed by atoms with Crippen LogP contribution in [0.1, 0.15) is 17.3 Å². The minimum absolute atomic E-state index is 0.0214. The van der Waals surface area contributed by atoms with Gasteiger partial charge in [0, 0.05) is 0 Å². The summed E-state index contributed by atoms with van der Waals surface area (Å²) in [5, 5.41) is 9.94. The Balaban J connectivity index is 2.42. The van der Waals surface area contributed by atoms with E-state index in [1.807, 2.05) is 0 Å². The molecule has 1 aliphatic rings. The van der Waals surface area contributed by atoms with E-state index in [0.717, 1.165) is 14.0 Å². The van der Waals surface area contributed by atoms with Crippen LogP contribution in [0, 0.1) is 0 Å². The summed E-state index contributed by atoms with van der Waals surface area (Å²) in [6.45, 7) is 0.389. The Kier molecular flexibility index (Phi) is 3.31. The van der Waals surface area contributed by atoms with Gasteiger partial charge >= 0.3 is 5.97 Å². The Morgan fingerprint density at radius 3 is 2.55 bits per heavy atom. The van der Waals surface area contributed by atoms with Crippen LogP contribution < -0.4 is 0 Å². The SMILES string of the molecule is COC(=O)C(C)(O)CN1C(=O)c2ccccc2S1(=O)=O. The molecule has 0 spiro atoms. The van der Waals surface area contributed by atoms with Crippen LogP contribution in [0.15, 0.2) is 29.2 Å². The van der Waals surface area contributed by atoms with Gasteiger partial charge in [0.15, 0.2) is 5.60 Å². The van der Waals surface area contributed by atoms with Gasteiger partial charge in [0.2, 0.25) is 0 Å². The van der Waals surface area contributed by atoms with E-state index in [-0.39, 0.29) is 10.5 Å². The molecule has 1 aliphatic heterocycles. The Bertz CT molecular complexity index is 679. The summed E-state index contributed by atoms with van der Waals surface area (Å²) in [6.07, 6.45) is 0. The number of amides is 1. The van der Waals surface area contributed by atoms with E-state index in [1.165, 1.54) is 24.3 Å². The number of aliphatic hydroxyl groups is 1. The second-order valence-electron chi connectivity index (χ2n) is 4.58. The number of β-amino-alcohol motifs (C(OH)–C–C–N with tert-alkyl or cyclic N) is 1. The predicted molar refractivity (Wildman–Crippen MR) is 67.3 cm³/mol. The molecule has 20 heavy (non-hydrogen) atoms. The summed E-state index contributed by atoms with van der Waals surface area (Å²) in [7, 11) is -2.99. The molecule has 1 atom stereocenters. The zero-order valence-electron chi connectivity index (χ0n) is 10.9. The molecule has 0 bridgehead atoms. The second kappa shape index (κ2) is 4.57. The molecular formula is C12H13NO6S. The number of carbonyl (C=O) groups excluding carboxylic acids is 2. The second-order valence-corrected chi connectivity index (χ2v) is 6.41. The van der Waals surface area contributed by atoms with Crippen molar-refractivity contribution in [2.75, 3.05) is 13.7 Å². The minimum Gasteiger partial charge on any atom is -0.467 e. The summed E-state index contributed by atoms with van der Waals surface area (Å²) in [4.78, 5) is 23.4. The van der Waals surface area contributed by atoms with Crippen LogP contribution in [0.5, 0.6) is 0 Å². The normalized spacial score (nSPS) is 19.4. The molecule has 108 valence electrons. The van der Waals surface area contributed by atoms with E-state index in [2.05, 4.69) is 4.74 Å². The first-order chi connectivity index (χ1) is 9.21. The molecule has 1 heterocycles. The highest BCUT2D eigenvalue weighted by molar-refractivity contribution is 7.90. The first-order valence-electron chi connectivity index (χ1n) is 5.68. The van der Waals surface area contributed by atoms with Gasteiger partial charge in [-0.2, -0.15) is 0 Å². The van der Waals surface area contributed by atoms with Gasteiger partial charge in [-0.05, 0) is 19.1 Å². The Hall–Kier alpha value is -1.93. The number of hydrogen-bond donors (Lipinski definition) is 1. The van der Waals surface area contributed by atoms with Gasteiger partial charge in [-0.1, -0.05) is 12.1 Å². The summed E-state index contributed by atoms with van der Waals surface area (Å²) in [6, 6.07) is 5.71. The third-order valence-corrected chi connectivity index (χ3v) is 4.78. The summed E-state index contributed by atoms with van der Waals surface area (Å²) >= 11 is 0. The van der Waals surface area contributed by atoms with Crippen molar-refractivity contribution in [3.63, 3.8) is 0 Å². The maximum atomic E-state index is 12.2. The molecule has 1 unspecified atom stereocenters. The molecule has 1 aromatic carbocycles. The van der Waals surface area contributed by atoms with Crippen molar-refractivity contribution in [1.82, 2.24) is 4.31 Å². The highest BCUT2D eigenvalue weighted by Gasteiger charge is 2.46. The van der Waals surface area contributed by atoms with Crippen molar-refractivity contribution in [1.29, 1.82) is 0 Å². The molecule has 0 aromatic heterocycles. The fourth-order valence-electron chi connectivity index (χ4n) is 1.95. The minimum atomic E-state index is -4.05. The number of fused-ring (bicyclic) bond motifs is 1. The van der Waals surface area contributed by atoms with E-state index in [4.69, 9.17) is 0 Å². The van der Waals surface area contributed by atoms with E-state index >= 15 is 0 Å². The van der Waals surface area contributed by atoms with Crippen LogP contribution in [0.2, 0.25) is 0 Å². The molecule has 1 N–H and O–H groups in total. The van der Waals surface area contributed by atoms with Crippen LogP contribution in [0.4, 0.5) is 0 Å². The summed E-state index contributed by atoms with van der Waals surface area (Å²) < 4.78 is 29.3. The lowest BCUT2D eigenvalue weighted by atomic mass is 10.1. The number of ether oxygens (including phenoxy) is 1. The van der Waals surface area contributed by atoms with E-state index in [1.54, 1.807) is 0 Å². The number of sulfonamides is 1. The number of nitrogens with zero attached hydrogens (tertiary/aromatic N) is 1. The molecule has 0 saturated heterocycles. The molecule has 7 nitrogen and oxygen atoms in total. The van der Waals surface area contributed by atoms with Gasteiger partial charge in [0.05, 0.1) is 19.2 Å². The molecule has 0 radical (unpaired) electrons. The van der Waals surface area contributed by atoms with Crippen LogP contribution in [0.25, 0.3) is 0 Å². The van der Waals surface area contributed by atoms with Crippen molar-refractivity contribution in [3.8, 4) is 0 Å². The van der Waals surface area contributed by atoms with Crippen molar-refractivity contribution < 1.29 is 27.9 Å². The number of esters is 1. The lowest BCUT2D eigenvalue weighted by Crippen LogP contribution is -2.49. The van der Waals surface area contributed by atoms with Gasteiger partial charge in [0.25, 0.3) is 15.9 Å². The van der Waals surface area contributed by atoms with Crippen LogP contribution in [-0.4, -0.2) is 49.0 Å². The third kappa shape index (κ3) is 2.06.